The Balaban J connectivity index is 1.42. The Morgan fingerprint density at radius 1 is 0.938 bits per heavy atom. The molecule has 0 aliphatic heterocycles. The summed E-state index contributed by atoms with van der Waals surface area (Å²) in [6.45, 7) is 0.657. The number of rotatable bonds is 8. The molecule has 6 nitrogen and oxygen atoms in total. The van der Waals surface area contributed by atoms with E-state index < -0.39 is 0 Å². The van der Waals surface area contributed by atoms with Crippen LogP contribution in [0.1, 0.15) is 22.6 Å². The van der Waals surface area contributed by atoms with E-state index in [1.165, 1.54) is 0 Å². The summed E-state index contributed by atoms with van der Waals surface area (Å²) in [6, 6.07) is 23.9. The van der Waals surface area contributed by atoms with Crippen molar-refractivity contribution in [2.24, 2.45) is 0 Å². The van der Waals surface area contributed by atoms with Gasteiger partial charge in [0.15, 0.2) is 0 Å². The number of anilines is 1. The predicted molar refractivity (Wildman–Crippen MR) is 127 cm³/mol. The van der Waals surface area contributed by atoms with Crippen molar-refractivity contribution in [3.8, 4) is 0 Å². The molecular formula is C25H23ClN4O2. The fraction of sp³-hybridized carbons (Fsp3) is 0.160. The van der Waals surface area contributed by atoms with Gasteiger partial charge in [-0.1, -0.05) is 48.0 Å². The highest BCUT2D eigenvalue weighted by atomic mass is 35.5. The molecule has 4 rings (SSSR count). The molecular weight excluding hydrogens is 424 g/mol. The van der Waals surface area contributed by atoms with Crippen LogP contribution in [-0.4, -0.2) is 27.9 Å². The smallest absolute Gasteiger partial charge is 0.251 e. The number of carbonyl (C=O) groups is 2. The summed E-state index contributed by atoms with van der Waals surface area (Å²) < 4.78 is 1.92. The number of nitrogens with zero attached hydrogens (tertiary/aromatic N) is 2. The normalized spacial score (nSPS) is 10.8. The van der Waals surface area contributed by atoms with Crippen molar-refractivity contribution in [1.29, 1.82) is 0 Å². The van der Waals surface area contributed by atoms with E-state index in [0.29, 0.717) is 35.7 Å². The molecule has 7 heteroatoms. The van der Waals surface area contributed by atoms with Crippen LogP contribution < -0.4 is 10.6 Å². The van der Waals surface area contributed by atoms with Crippen molar-refractivity contribution in [2.45, 2.75) is 19.4 Å². The van der Waals surface area contributed by atoms with E-state index >= 15 is 0 Å². The third-order valence-electron chi connectivity index (χ3n) is 5.04. The first-order valence-electron chi connectivity index (χ1n) is 10.4. The average Bonchev–Trinajstić information content (AvgIpc) is 3.14. The number of aromatic nitrogens is 2. The van der Waals surface area contributed by atoms with E-state index in [4.69, 9.17) is 16.6 Å². The SMILES string of the molecule is O=C(Cn1c(CCCNC(=O)c2ccccc2)nc2ccccc21)Nc1cccc(Cl)c1. The van der Waals surface area contributed by atoms with E-state index in [1.807, 2.05) is 47.0 Å². The second-order valence-corrected chi connectivity index (χ2v) is 7.82. The molecule has 0 saturated heterocycles. The maximum Gasteiger partial charge on any atom is 0.251 e. The lowest BCUT2D eigenvalue weighted by molar-refractivity contribution is -0.116. The quantitative estimate of drug-likeness (QED) is 0.385. The molecule has 32 heavy (non-hydrogen) atoms. The summed E-state index contributed by atoms with van der Waals surface area (Å²) in [5, 5.41) is 6.38. The third-order valence-corrected chi connectivity index (χ3v) is 5.28. The van der Waals surface area contributed by atoms with Gasteiger partial charge in [0.1, 0.15) is 12.4 Å². The number of nitrogens with one attached hydrogen (secondary N) is 2. The first-order valence-corrected chi connectivity index (χ1v) is 10.8. The Labute approximate surface area is 191 Å². The van der Waals surface area contributed by atoms with Crippen LogP contribution in [0, 0.1) is 0 Å². The monoisotopic (exact) mass is 446 g/mol. The Morgan fingerprint density at radius 2 is 1.72 bits per heavy atom. The van der Waals surface area contributed by atoms with Gasteiger partial charge in [-0.25, -0.2) is 4.98 Å². The Morgan fingerprint density at radius 3 is 2.53 bits per heavy atom. The fourth-order valence-electron chi connectivity index (χ4n) is 3.54. The third kappa shape index (κ3) is 5.34. The summed E-state index contributed by atoms with van der Waals surface area (Å²) in [5.74, 6) is 0.551. The molecule has 3 aromatic carbocycles. The zero-order chi connectivity index (χ0) is 22.3. The van der Waals surface area contributed by atoms with Crippen LogP contribution in [0.15, 0.2) is 78.9 Å². The van der Waals surface area contributed by atoms with Gasteiger partial charge >= 0.3 is 0 Å². The second kappa shape index (κ2) is 10.1. The Bertz CT molecular complexity index is 1240. The van der Waals surface area contributed by atoms with Crippen molar-refractivity contribution >= 4 is 40.1 Å². The molecule has 0 aliphatic rings. The van der Waals surface area contributed by atoms with Crippen molar-refractivity contribution in [3.05, 3.63) is 95.3 Å². The number of benzene rings is 3. The minimum absolute atomic E-state index is 0.0972. The molecule has 0 unspecified atom stereocenters. The summed E-state index contributed by atoms with van der Waals surface area (Å²) in [6.07, 6.45) is 1.34. The van der Waals surface area contributed by atoms with Gasteiger partial charge in [0.05, 0.1) is 11.0 Å². The number of para-hydroxylation sites is 2. The summed E-state index contributed by atoms with van der Waals surface area (Å²) in [4.78, 5) is 29.6. The van der Waals surface area contributed by atoms with Crippen LogP contribution in [0.25, 0.3) is 11.0 Å². The molecule has 0 aliphatic carbocycles. The predicted octanol–water partition coefficient (Wildman–Crippen LogP) is 4.69. The molecule has 0 spiro atoms. The van der Waals surface area contributed by atoms with Crippen molar-refractivity contribution in [3.63, 3.8) is 0 Å². The Kier molecular flexibility index (Phi) is 6.82. The van der Waals surface area contributed by atoms with Crippen LogP contribution >= 0.6 is 11.6 Å². The number of hydrogen-bond acceptors (Lipinski definition) is 3. The molecule has 1 heterocycles. The highest BCUT2D eigenvalue weighted by Gasteiger charge is 2.14. The van der Waals surface area contributed by atoms with Gasteiger partial charge < -0.3 is 15.2 Å². The van der Waals surface area contributed by atoms with E-state index in [0.717, 1.165) is 16.9 Å². The lowest BCUT2D eigenvalue weighted by Gasteiger charge is -2.11. The van der Waals surface area contributed by atoms with Gasteiger partial charge in [-0.2, -0.15) is 0 Å². The lowest BCUT2D eigenvalue weighted by Crippen LogP contribution is -2.25. The van der Waals surface area contributed by atoms with Crippen LogP contribution in [-0.2, 0) is 17.8 Å². The molecule has 2 amide bonds. The Hall–Kier alpha value is -3.64. The van der Waals surface area contributed by atoms with Crippen LogP contribution in [0.5, 0.6) is 0 Å². The van der Waals surface area contributed by atoms with Gasteiger partial charge in [-0.3, -0.25) is 9.59 Å². The molecule has 2 N–H and O–H groups in total. The van der Waals surface area contributed by atoms with E-state index in [2.05, 4.69) is 10.6 Å². The van der Waals surface area contributed by atoms with Crippen LogP contribution in [0.2, 0.25) is 5.02 Å². The number of carbonyl (C=O) groups excluding carboxylic acids is 2. The molecule has 162 valence electrons. The van der Waals surface area contributed by atoms with Crippen molar-refractivity contribution in [2.75, 3.05) is 11.9 Å². The minimum Gasteiger partial charge on any atom is -0.352 e. The number of amides is 2. The number of aryl methyl sites for hydroxylation is 1. The highest BCUT2D eigenvalue weighted by Crippen LogP contribution is 2.19. The molecule has 0 radical (unpaired) electrons. The van der Waals surface area contributed by atoms with Crippen LogP contribution in [0.4, 0.5) is 5.69 Å². The highest BCUT2D eigenvalue weighted by molar-refractivity contribution is 6.30. The van der Waals surface area contributed by atoms with Gasteiger partial charge in [0.2, 0.25) is 5.91 Å². The summed E-state index contributed by atoms with van der Waals surface area (Å²) in [7, 11) is 0. The van der Waals surface area contributed by atoms with Gasteiger partial charge in [0.25, 0.3) is 5.91 Å². The molecule has 4 aromatic rings. The molecule has 0 atom stereocenters. The fourth-order valence-corrected chi connectivity index (χ4v) is 3.73. The number of hydrogen-bond donors (Lipinski definition) is 2. The first-order chi connectivity index (χ1) is 15.6. The van der Waals surface area contributed by atoms with Crippen LogP contribution in [0.3, 0.4) is 0 Å². The standard InChI is InChI=1S/C25H23ClN4O2/c26-19-10-6-11-20(16-19)28-24(31)17-30-22-13-5-4-12-21(22)29-23(30)14-7-15-27-25(32)18-8-2-1-3-9-18/h1-6,8-13,16H,7,14-15,17H2,(H,27,32)(H,28,31). The molecule has 0 bridgehead atoms. The molecule has 1 aromatic heterocycles. The molecule has 0 fully saturated rings. The molecule has 0 saturated carbocycles. The topological polar surface area (TPSA) is 76.0 Å². The number of fused-ring (bicyclic) bond motifs is 1. The summed E-state index contributed by atoms with van der Waals surface area (Å²) in [5.41, 5.74) is 3.03. The van der Waals surface area contributed by atoms with E-state index in [9.17, 15) is 9.59 Å². The van der Waals surface area contributed by atoms with E-state index in [1.54, 1.807) is 36.4 Å². The largest absolute Gasteiger partial charge is 0.352 e. The van der Waals surface area contributed by atoms with Gasteiger partial charge in [-0.15, -0.1) is 0 Å². The maximum absolute atomic E-state index is 12.7. The van der Waals surface area contributed by atoms with E-state index in [-0.39, 0.29) is 18.4 Å². The zero-order valence-corrected chi connectivity index (χ0v) is 18.2. The lowest BCUT2D eigenvalue weighted by atomic mass is 10.2. The van der Waals surface area contributed by atoms with Gasteiger partial charge in [-0.05, 0) is 48.9 Å². The number of imidazole rings is 1. The first kappa shape index (κ1) is 21.6. The van der Waals surface area contributed by atoms with Crippen molar-refractivity contribution < 1.29 is 9.59 Å². The second-order valence-electron chi connectivity index (χ2n) is 7.39. The number of halogens is 1. The zero-order valence-electron chi connectivity index (χ0n) is 17.4. The van der Waals surface area contributed by atoms with Gasteiger partial charge in [0, 0.05) is 29.2 Å². The van der Waals surface area contributed by atoms with Crippen molar-refractivity contribution in [1.82, 2.24) is 14.9 Å². The minimum atomic E-state index is -0.158. The summed E-state index contributed by atoms with van der Waals surface area (Å²) >= 11 is 6.01. The average molecular weight is 447 g/mol. The maximum atomic E-state index is 12.7.